The van der Waals surface area contributed by atoms with Gasteiger partial charge in [0.2, 0.25) is 5.13 Å². The van der Waals surface area contributed by atoms with Gasteiger partial charge in [-0.3, -0.25) is 15.1 Å². The molecular formula is C21H16N4OS. The molecule has 4 aromatic rings. The number of anilines is 1. The van der Waals surface area contributed by atoms with Gasteiger partial charge in [-0.1, -0.05) is 48.5 Å². The van der Waals surface area contributed by atoms with Gasteiger partial charge in [0, 0.05) is 23.3 Å². The monoisotopic (exact) mass is 372 g/mol. The first-order valence-corrected chi connectivity index (χ1v) is 9.24. The molecule has 0 fully saturated rings. The normalized spacial score (nSPS) is 10.5. The molecular weight excluding hydrogens is 356 g/mol. The molecule has 0 saturated heterocycles. The molecule has 0 unspecified atom stereocenters. The number of hydrogen-bond acceptors (Lipinski definition) is 5. The van der Waals surface area contributed by atoms with Crippen LogP contribution in [0, 0.1) is 0 Å². The Morgan fingerprint density at radius 2 is 1.63 bits per heavy atom. The van der Waals surface area contributed by atoms with Crippen molar-refractivity contribution in [1.82, 2.24) is 14.3 Å². The van der Waals surface area contributed by atoms with Gasteiger partial charge in [-0.05, 0) is 41.8 Å². The van der Waals surface area contributed by atoms with Crippen LogP contribution in [0.4, 0.5) is 5.13 Å². The van der Waals surface area contributed by atoms with E-state index < -0.39 is 0 Å². The average molecular weight is 372 g/mol. The van der Waals surface area contributed by atoms with Crippen molar-refractivity contribution in [3.05, 3.63) is 95.7 Å². The lowest BCUT2D eigenvalue weighted by Crippen LogP contribution is -2.11. The topological polar surface area (TPSA) is 67.8 Å². The maximum Gasteiger partial charge on any atom is 0.257 e. The van der Waals surface area contributed by atoms with E-state index in [1.165, 1.54) is 5.56 Å². The molecule has 0 spiro atoms. The van der Waals surface area contributed by atoms with Crippen LogP contribution in [0.5, 0.6) is 0 Å². The van der Waals surface area contributed by atoms with Gasteiger partial charge in [0.25, 0.3) is 5.91 Å². The molecule has 5 nitrogen and oxygen atoms in total. The first-order chi connectivity index (χ1) is 13.3. The van der Waals surface area contributed by atoms with E-state index in [4.69, 9.17) is 0 Å². The van der Waals surface area contributed by atoms with Crippen LogP contribution in [-0.2, 0) is 6.42 Å². The van der Waals surface area contributed by atoms with E-state index in [1.807, 2.05) is 60.7 Å². The first-order valence-electron chi connectivity index (χ1n) is 8.47. The van der Waals surface area contributed by atoms with Gasteiger partial charge in [0.05, 0.1) is 0 Å². The van der Waals surface area contributed by atoms with Crippen molar-refractivity contribution in [2.45, 2.75) is 6.42 Å². The third-order valence-electron chi connectivity index (χ3n) is 4.01. The largest absolute Gasteiger partial charge is 0.297 e. The zero-order chi connectivity index (χ0) is 18.5. The highest BCUT2D eigenvalue weighted by molar-refractivity contribution is 7.10. The standard InChI is InChI=1S/C21H16N4OS/c26-20(24-21-23-19(25-27-21)18-8-4-5-13-22-18)17-11-9-16(10-12-17)14-15-6-2-1-3-7-15/h1-13H,14H2,(H,23,24,25,26). The van der Waals surface area contributed by atoms with Gasteiger partial charge >= 0.3 is 0 Å². The highest BCUT2D eigenvalue weighted by Gasteiger charge is 2.11. The molecule has 0 bridgehead atoms. The number of nitrogens with zero attached hydrogens (tertiary/aromatic N) is 3. The summed E-state index contributed by atoms with van der Waals surface area (Å²) in [5.74, 6) is 0.305. The Bertz CT molecular complexity index is 1030. The highest BCUT2D eigenvalue weighted by atomic mass is 32.1. The summed E-state index contributed by atoms with van der Waals surface area (Å²) in [5.41, 5.74) is 3.66. The van der Waals surface area contributed by atoms with E-state index >= 15 is 0 Å². The molecule has 0 aliphatic heterocycles. The van der Waals surface area contributed by atoms with Crippen molar-refractivity contribution in [2.75, 3.05) is 5.32 Å². The number of benzene rings is 2. The Hall–Kier alpha value is -3.38. The first kappa shape index (κ1) is 17.1. The van der Waals surface area contributed by atoms with Crippen LogP contribution in [0.3, 0.4) is 0 Å². The van der Waals surface area contributed by atoms with E-state index in [-0.39, 0.29) is 5.91 Å². The zero-order valence-electron chi connectivity index (χ0n) is 14.4. The van der Waals surface area contributed by atoms with E-state index in [1.54, 1.807) is 6.20 Å². The highest BCUT2D eigenvalue weighted by Crippen LogP contribution is 2.20. The molecule has 1 amide bonds. The summed E-state index contributed by atoms with van der Waals surface area (Å²) in [6, 6.07) is 23.4. The average Bonchev–Trinajstić information content (AvgIpc) is 3.18. The van der Waals surface area contributed by atoms with Crippen LogP contribution >= 0.6 is 11.5 Å². The molecule has 132 valence electrons. The summed E-state index contributed by atoms with van der Waals surface area (Å²) in [4.78, 5) is 21.0. The Labute approximate surface area is 160 Å². The van der Waals surface area contributed by atoms with Crippen molar-refractivity contribution < 1.29 is 4.79 Å². The fourth-order valence-corrected chi connectivity index (χ4v) is 3.22. The number of pyridine rings is 1. The van der Waals surface area contributed by atoms with Gasteiger partial charge in [-0.2, -0.15) is 9.36 Å². The Kier molecular flexibility index (Phi) is 4.98. The number of amides is 1. The summed E-state index contributed by atoms with van der Waals surface area (Å²) >= 11 is 1.14. The molecule has 0 radical (unpaired) electrons. The third kappa shape index (κ3) is 4.24. The zero-order valence-corrected chi connectivity index (χ0v) is 15.2. The lowest BCUT2D eigenvalue weighted by atomic mass is 10.0. The van der Waals surface area contributed by atoms with E-state index in [0.29, 0.717) is 22.2 Å². The number of nitrogens with one attached hydrogen (secondary N) is 1. The van der Waals surface area contributed by atoms with Crippen molar-refractivity contribution in [3.8, 4) is 11.5 Å². The van der Waals surface area contributed by atoms with Gasteiger partial charge in [-0.25, -0.2) is 0 Å². The maximum atomic E-state index is 12.4. The van der Waals surface area contributed by atoms with E-state index in [2.05, 4.69) is 31.8 Å². The lowest BCUT2D eigenvalue weighted by molar-refractivity contribution is 0.102. The van der Waals surface area contributed by atoms with Crippen LogP contribution in [0.25, 0.3) is 11.5 Å². The maximum absolute atomic E-state index is 12.4. The van der Waals surface area contributed by atoms with E-state index in [0.717, 1.165) is 23.5 Å². The van der Waals surface area contributed by atoms with Gasteiger partial charge < -0.3 is 0 Å². The minimum Gasteiger partial charge on any atom is -0.297 e. The quantitative estimate of drug-likeness (QED) is 0.562. The Balaban J connectivity index is 1.42. The molecule has 2 aromatic carbocycles. The van der Waals surface area contributed by atoms with Crippen molar-refractivity contribution >= 4 is 22.6 Å². The predicted molar refractivity (Wildman–Crippen MR) is 107 cm³/mol. The minimum atomic E-state index is -0.204. The lowest BCUT2D eigenvalue weighted by Gasteiger charge is -2.04. The van der Waals surface area contributed by atoms with Gasteiger partial charge in [0.1, 0.15) is 5.69 Å². The number of carbonyl (C=O) groups excluding carboxylic acids is 1. The third-order valence-corrected chi connectivity index (χ3v) is 4.64. The molecule has 2 heterocycles. The minimum absolute atomic E-state index is 0.204. The Morgan fingerprint density at radius 3 is 2.37 bits per heavy atom. The summed E-state index contributed by atoms with van der Waals surface area (Å²) in [5, 5.41) is 3.25. The summed E-state index contributed by atoms with van der Waals surface area (Å²) < 4.78 is 4.25. The fourth-order valence-electron chi connectivity index (χ4n) is 2.65. The molecule has 1 N–H and O–H groups in total. The van der Waals surface area contributed by atoms with E-state index in [9.17, 15) is 4.79 Å². The number of hydrogen-bond donors (Lipinski definition) is 1. The molecule has 0 aliphatic rings. The SMILES string of the molecule is O=C(Nc1nc(-c2ccccn2)ns1)c1ccc(Cc2ccccc2)cc1. The van der Waals surface area contributed by atoms with Crippen LogP contribution in [0.2, 0.25) is 0 Å². The van der Waals surface area contributed by atoms with Gasteiger partial charge in [0.15, 0.2) is 5.82 Å². The molecule has 0 atom stereocenters. The predicted octanol–water partition coefficient (Wildman–Crippen LogP) is 4.44. The molecule has 2 aromatic heterocycles. The number of rotatable bonds is 5. The smallest absolute Gasteiger partial charge is 0.257 e. The summed E-state index contributed by atoms with van der Waals surface area (Å²) in [6.07, 6.45) is 2.53. The summed E-state index contributed by atoms with van der Waals surface area (Å²) in [6.45, 7) is 0. The number of aromatic nitrogens is 3. The molecule has 0 aliphatic carbocycles. The van der Waals surface area contributed by atoms with Crippen molar-refractivity contribution in [1.29, 1.82) is 0 Å². The number of carbonyl (C=O) groups is 1. The van der Waals surface area contributed by atoms with Crippen LogP contribution in [0.15, 0.2) is 79.0 Å². The fraction of sp³-hybridized carbons (Fsp3) is 0.0476. The second-order valence-corrected chi connectivity index (χ2v) is 6.70. The second-order valence-electron chi connectivity index (χ2n) is 5.95. The Morgan fingerprint density at radius 1 is 0.889 bits per heavy atom. The summed E-state index contributed by atoms with van der Waals surface area (Å²) in [7, 11) is 0. The molecule has 4 rings (SSSR count). The van der Waals surface area contributed by atoms with Crippen molar-refractivity contribution in [2.24, 2.45) is 0 Å². The van der Waals surface area contributed by atoms with Crippen LogP contribution in [-0.4, -0.2) is 20.2 Å². The van der Waals surface area contributed by atoms with Crippen LogP contribution in [0.1, 0.15) is 21.5 Å². The van der Waals surface area contributed by atoms with Gasteiger partial charge in [-0.15, -0.1) is 0 Å². The molecule has 6 heteroatoms. The van der Waals surface area contributed by atoms with Crippen molar-refractivity contribution in [3.63, 3.8) is 0 Å². The second kappa shape index (κ2) is 7.88. The molecule has 0 saturated carbocycles. The van der Waals surface area contributed by atoms with Crippen LogP contribution < -0.4 is 5.32 Å². The molecule has 27 heavy (non-hydrogen) atoms.